The lowest BCUT2D eigenvalue weighted by Gasteiger charge is -2.32. The average molecular weight is 654 g/mol. The monoisotopic (exact) mass is 653 g/mol. The van der Waals surface area contributed by atoms with E-state index in [0.717, 1.165) is 0 Å². The van der Waals surface area contributed by atoms with Crippen LogP contribution in [-0.4, -0.2) is 57.3 Å². The van der Waals surface area contributed by atoms with Crippen molar-refractivity contribution in [2.45, 2.75) is 57.2 Å². The highest BCUT2D eigenvalue weighted by Gasteiger charge is 2.66. The minimum absolute atomic E-state index is 0.237. The maximum absolute atomic E-state index is 16.1. The fraction of sp³-hybridized carbons (Fsp3) is 0.351. The van der Waals surface area contributed by atoms with Crippen molar-refractivity contribution in [3.05, 3.63) is 114 Å². The van der Waals surface area contributed by atoms with Gasteiger partial charge >= 0.3 is 0 Å². The summed E-state index contributed by atoms with van der Waals surface area (Å²) in [5.74, 6) is -1.22. The molecule has 2 aliphatic heterocycles. The minimum Gasteiger partial charge on any atom is -0.497 e. The Balaban J connectivity index is 1.29. The third kappa shape index (κ3) is 5.88. The van der Waals surface area contributed by atoms with E-state index in [1.807, 2.05) is 37.3 Å². The van der Waals surface area contributed by atoms with Crippen LogP contribution in [0.25, 0.3) is 0 Å². The number of aromatic nitrogens is 3. The molecule has 250 valence electrons. The highest BCUT2D eigenvalue weighted by molar-refractivity contribution is 6.09. The van der Waals surface area contributed by atoms with Crippen LogP contribution in [0.1, 0.15) is 60.5 Å². The van der Waals surface area contributed by atoms with Crippen molar-refractivity contribution in [2.24, 2.45) is 11.8 Å². The van der Waals surface area contributed by atoms with E-state index in [4.69, 9.17) is 9.47 Å². The normalized spacial score (nSPS) is 22.5. The van der Waals surface area contributed by atoms with E-state index in [-0.39, 0.29) is 18.4 Å². The zero-order valence-electron chi connectivity index (χ0n) is 27.5. The number of hydrogen-bond donors (Lipinski definition) is 2. The van der Waals surface area contributed by atoms with E-state index in [2.05, 4.69) is 22.2 Å². The topological polar surface area (TPSA) is 119 Å². The predicted molar refractivity (Wildman–Crippen MR) is 179 cm³/mol. The molecule has 0 saturated carbocycles. The maximum Gasteiger partial charge on any atom is 0.264 e. The molecule has 2 N–H and O–H groups in total. The van der Waals surface area contributed by atoms with Crippen molar-refractivity contribution in [3.63, 3.8) is 0 Å². The molecule has 0 aliphatic carbocycles. The van der Waals surface area contributed by atoms with E-state index in [0.29, 0.717) is 52.5 Å². The van der Waals surface area contributed by atoms with Crippen molar-refractivity contribution in [2.75, 3.05) is 23.9 Å². The van der Waals surface area contributed by atoms with Crippen LogP contribution in [-0.2, 0) is 21.7 Å². The number of aliphatic hydroxyl groups is 1. The van der Waals surface area contributed by atoms with Gasteiger partial charge < -0.3 is 24.8 Å². The molecule has 1 fully saturated rings. The summed E-state index contributed by atoms with van der Waals surface area (Å²) in [6.07, 6.45) is 2.05. The number of aryl methyl sites for hydroxylation is 1. The van der Waals surface area contributed by atoms with Gasteiger partial charge in [-0.15, -0.1) is 11.7 Å². The molecular weight excluding hydrogens is 613 g/mol. The highest BCUT2D eigenvalue weighted by Crippen LogP contribution is 2.58. The summed E-state index contributed by atoms with van der Waals surface area (Å²) in [6.45, 7) is 9.29. The molecule has 10 nitrogen and oxygen atoms in total. The number of nitrogens with zero attached hydrogens (tertiary/aromatic N) is 4. The zero-order valence-corrected chi connectivity index (χ0v) is 27.5. The van der Waals surface area contributed by atoms with Crippen molar-refractivity contribution in [1.82, 2.24) is 15.0 Å². The molecule has 4 aromatic rings. The highest BCUT2D eigenvalue weighted by atomic mass is 19.1. The molecule has 48 heavy (non-hydrogen) atoms. The first-order chi connectivity index (χ1) is 23.0. The summed E-state index contributed by atoms with van der Waals surface area (Å²) in [5.41, 5.74) is 0.00990. The number of anilines is 2. The summed E-state index contributed by atoms with van der Waals surface area (Å²) in [6, 6.07) is 21.2. The molecule has 0 unspecified atom stereocenters. The first-order valence-electron chi connectivity index (χ1n) is 16.0. The van der Waals surface area contributed by atoms with Crippen molar-refractivity contribution in [1.29, 1.82) is 0 Å². The van der Waals surface area contributed by atoms with E-state index in [9.17, 15) is 14.7 Å². The summed E-state index contributed by atoms with van der Waals surface area (Å²) in [4.78, 5) is 29.1. The van der Waals surface area contributed by atoms with Crippen LogP contribution in [0.4, 0.5) is 15.8 Å². The van der Waals surface area contributed by atoms with Gasteiger partial charge in [-0.3, -0.25) is 14.3 Å². The van der Waals surface area contributed by atoms with Crippen molar-refractivity contribution < 1.29 is 28.6 Å². The SMILES string of the molecule is C=CCN1C(=O)[C@]2(O[C@H](CCn3cc([C@H](O)c4ccccc4)nn3)[C@@H](C(C)(C)F)[C@@H]2C)c2cc(NC(=O)c3ccc(OC)cc3)ccc21. The number of aliphatic hydroxyl groups excluding tert-OH is 1. The minimum atomic E-state index is -1.70. The Hall–Kier alpha value is -4.87. The van der Waals surface area contributed by atoms with Gasteiger partial charge in [0.15, 0.2) is 5.60 Å². The van der Waals surface area contributed by atoms with Gasteiger partial charge in [-0.05, 0) is 68.3 Å². The number of fused-ring (bicyclic) bond motifs is 2. The zero-order chi connectivity index (χ0) is 34.2. The van der Waals surface area contributed by atoms with Crippen LogP contribution in [0.3, 0.4) is 0 Å². The van der Waals surface area contributed by atoms with Gasteiger partial charge in [0.05, 0.1) is 25.1 Å². The standard InChI is InChI=1S/C37H40FN5O5/c1-6-19-43-30-17-14-26(39-34(45)25-12-15-27(47-5)16-13-25)21-28(30)37(35(43)46)23(2)32(36(3,4)38)31(48-37)18-20-42-22-29(40-41-42)33(44)24-10-8-7-9-11-24/h6-17,21-23,31-33,44H,1,18-20H2,2-5H3,(H,39,45)/t23-,31+,32-,33+,37+/m0/s1. The second kappa shape index (κ2) is 13.0. The molecule has 1 aromatic heterocycles. The number of halogens is 1. The van der Waals surface area contributed by atoms with Crippen LogP contribution < -0.4 is 15.0 Å². The molecule has 1 saturated heterocycles. The molecule has 0 radical (unpaired) electrons. The molecule has 11 heteroatoms. The Kier molecular flexibility index (Phi) is 8.93. The van der Waals surface area contributed by atoms with E-state index in [1.54, 1.807) is 71.4 Å². The number of benzene rings is 3. The van der Waals surface area contributed by atoms with Crippen molar-refractivity contribution >= 4 is 23.2 Å². The number of methoxy groups -OCH3 is 1. The van der Waals surface area contributed by atoms with Gasteiger partial charge in [0.2, 0.25) is 0 Å². The average Bonchev–Trinajstić information content (AvgIpc) is 3.74. The third-order valence-electron chi connectivity index (χ3n) is 9.48. The molecule has 1 spiro atoms. The van der Waals surface area contributed by atoms with E-state index < -0.39 is 35.3 Å². The van der Waals surface area contributed by atoms with Gasteiger partial charge in [0.25, 0.3) is 11.8 Å². The Morgan fingerprint density at radius 2 is 1.92 bits per heavy atom. The molecule has 2 aliphatic rings. The Morgan fingerprint density at radius 1 is 1.19 bits per heavy atom. The maximum atomic E-state index is 16.1. The lowest BCUT2D eigenvalue weighted by Crippen LogP contribution is -2.45. The number of nitrogens with one attached hydrogen (secondary N) is 1. The summed E-state index contributed by atoms with van der Waals surface area (Å²) >= 11 is 0. The number of ether oxygens (including phenoxy) is 2. The van der Waals surface area contributed by atoms with Crippen LogP contribution in [0.15, 0.2) is 91.6 Å². The van der Waals surface area contributed by atoms with Crippen LogP contribution >= 0.6 is 0 Å². The fourth-order valence-corrected chi connectivity index (χ4v) is 7.26. The smallest absolute Gasteiger partial charge is 0.264 e. The van der Waals surface area contributed by atoms with Gasteiger partial charge in [-0.1, -0.05) is 48.5 Å². The van der Waals surface area contributed by atoms with Crippen LogP contribution in [0.5, 0.6) is 5.75 Å². The Morgan fingerprint density at radius 3 is 2.58 bits per heavy atom. The second-order valence-electron chi connectivity index (χ2n) is 12.9. The molecule has 0 bridgehead atoms. The summed E-state index contributed by atoms with van der Waals surface area (Å²) in [5, 5.41) is 22.1. The first-order valence-corrected chi connectivity index (χ1v) is 16.0. The van der Waals surface area contributed by atoms with Crippen LogP contribution in [0.2, 0.25) is 0 Å². The lowest BCUT2D eigenvalue weighted by molar-refractivity contribution is -0.146. The largest absolute Gasteiger partial charge is 0.497 e. The lowest BCUT2D eigenvalue weighted by atomic mass is 9.71. The number of rotatable bonds is 11. The molecule has 2 amide bonds. The molecule has 3 heterocycles. The quantitative estimate of drug-likeness (QED) is 0.195. The molecule has 5 atom stereocenters. The molecular formula is C37H40FN5O5. The predicted octanol–water partition coefficient (Wildman–Crippen LogP) is 5.84. The number of carbonyl (C=O) groups is 2. The van der Waals surface area contributed by atoms with Crippen LogP contribution in [0, 0.1) is 11.8 Å². The van der Waals surface area contributed by atoms with Gasteiger partial charge in [-0.2, -0.15) is 0 Å². The first kappa shape index (κ1) is 33.0. The summed E-state index contributed by atoms with van der Waals surface area (Å²) < 4.78 is 29.7. The Bertz CT molecular complexity index is 1800. The molecule has 3 aromatic carbocycles. The number of alkyl halides is 1. The van der Waals surface area contributed by atoms with Gasteiger partial charge in [-0.25, -0.2) is 4.39 Å². The second-order valence-corrected chi connectivity index (χ2v) is 12.9. The third-order valence-corrected chi connectivity index (χ3v) is 9.48. The number of amides is 2. The summed E-state index contributed by atoms with van der Waals surface area (Å²) in [7, 11) is 1.56. The van der Waals surface area contributed by atoms with Crippen molar-refractivity contribution in [3.8, 4) is 5.75 Å². The van der Waals surface area contributed by atoms with Gasteiger partial charge in [0, 0.05) is 41.7 Å². The number of carbonyl (C=O) groups excluding carboxylic acids is 2. The fourth-order valence-electron chi connectivity index (χ4n) is 7.26. The van der Waals surface area contributed by atoms with Gasteiger partial charge in [0.1, 0.15) is 23.2 Å². The van der Waals surface area contributed by atoms with E-state index >= 15 is 4.39 Å². The van der Waals surface area contributed by atoms with E-state index in [1.165, 1.54) is 13.8 Å². The molecule has 6 rings (SSSR count). The number of hydrogen-bond acceptors (Lipinski definition) is 7. The Labute approximate surface area is 279 Å².